The molecule has 0 saturated carbocycles. The second-order valence-electron chi connectivity index (χ2n) is 2.95. The van der Waals surface area contributed by atoms with E-state index in [2.05, 4.69) is 5.32 Å². The Labute approximate surface area is 76.2 Å². The van der Waals surface area contributed by atoms with E-state index in [-0.39, 0.29) is 0 Å². The Hall–Kier alpha value is -0.730. The van der Waals surface area contributed by atoms with E-state index >= 15 is 0 Å². The quantitative estimate of drug-likeness (QED) is 0.642. The molecule has 1 heterocycles. The number of hydrogen-bond acceptors (Lipinski definition) is 2. The number of halogens is 1. The molecule has 1 aliphatic heterocycles. The first-order valence-electron chi connectivity index (χ1n) is 3.99. The van der Waals surface area contributed by atoms with E-state index in [9.17, 15) is 5.11 Å². The van der Waals surface area contributed by atoms with Gasteiger partial charge < -0.3 is 10.4 Å². The highest BCUT2D eigenvalue weighted by molar-refractivity contribution is 6.31. The van der Waals surface area contributed by atoms with Gasteiger partial charge in [-0.15, -0.1) is 0 Å². The largest absolute Gasteiger partial charge is 0.508 e. The van der Waals surface area contributed by atoms with Crippen molar-refractivity contribution < 1.29 is 5.11 Å². The molecule has 0 amide bonds. The van der Waals surface area contributed by atoms with Crippen LogP contribution in [0.5, 0.6) is 5.75 Å². The highest BCUT2D eigenvalue weighted by atomic mass is 35.5. The fourth-order valence-corrected chi connectivity index (χ4v) is 1.79. The van der Waals surface area contributed by atoms with Gasteiger partial charge in [0.1, 0.15) is 5.75 Å². The van der Waals surface area contributed by atoms with Gasteiger partial charge in [-0.3, -0.25) is 0 Å². The molecule has 2 rings (SSSR count). The lowest BCUT2D eigenvalue weighted by atomic mass is 10.0. The van der Waals surface area contributed by atoms with Crippen LogP contribution in [0.2, 0.25) is 5.02 Å². The van der Waals surface area contributed by atoms with E-state index in [1.807, 2.05) is 0 Å². The number of rotatable bonds is 0. The van der Waals surface area contributed by atoms with Crippen LogP contribution in [-0.4, -0.2) is 11.7 Å². The molecule has 0 aliphatic carbocycles. The van der Waals surface area contributed by atoms with Crippen molar-refractivity contribution in [3.8, 4) is 5.75 Å². The Morgan fingerprint density at radius 2 is 2.17 bits per heavy atom. The summed E-state index contributed by atoms with van der Waals surface area (Å²) in [6, 6.07) is 3.40. The molecule has 1 aromatic rings. The molecular formula is C9H10ClNO. The molecule has 0 saturated heterocycles. The maximum Gasteiger partial charge on any atom is 0.119 e. The number of phenolic OH excluding ortho intramolecular Hbond substituents is 1. The summed E-state index contributed by atoms with van der Waals surface area (Å²) in [5, 5.41) is 13.5. The van der Waals surface area contributed by atoms with Gasteiger partial charge >= 0.3 is 0 Å². The summed E-state index contributed by atoms with van der Waals surface area (Å²) >= 11 is 5.96. The van der Waals surface area contributed by atoms with Gasteiger partial charge in [0.15, 0.2) is 0 Å². The SMILES string of the molecule is Oc1ccc(Cl)c2c1CCNC2. The van der Waals surface area contributed by atoms with Crippen LogP contribution in [0.4, 0.5) is 0 Å². The summed E-state index contributed by atoms with van der Waals surface area (Å²) in [5.74, 6) is 0.371. The third-order valence-electron chi connectivity index (χ3n) is 2.20. The molecule has 2 nitrogen and oxygen atoms in total. The second-order valence-corrected chi connectivity index (χ2v) is 3.36. The fourth-order valence-electron chi connectivity index (χ4n) is 1.55. The number of fused-ring (bicyclic) bond motifs is 1. The molecule has 2 N–H and O–H groups in total. The minimum Gasteiger partial charge on any atom is -0.508 e. The van der Waals surface area contributed by atoms with Gasteiger partial charge in [0.2, 0.25) is 0 Å². The average Bonchev–Trinajstić information content (AvgIpc) is 2.12. The van der Waals surface area contributed by atoms with Gasteiger partial charge in [-0.25, -0.2) is 0 Å². The van der Waals surface area contributed by atoms with Gasteiger partial charge in [-0.1, -0.05) is 11.6 Å². The van der Waals surface area contributed by atoms with Crippen molar-refractivity contribution in [1.82, 2.24) is 5.32 Å². The first kappa shape index (κ1) is 7.90. The molecule has 0 spiro atoms. The Morgan fingerprint density at radius 3 is 2.92 bits per heavy atom. The number of phenols is 1. The molecule has 0 radical (unpaired) electrons. The normalized spacial score (nSPS) is 15.8. The predicted octanol–water partition coefficient (Wildman–Crippen LogP) is 1.69. The predicted molar refractivity (Wildman–Crippen MR) is 48.5 cm³/mol. The molecule has 64 valence electrons. The first-order valence-corrected chi connectivity index (χ1v) is 4.37. The van der Waals surface area contributed by atoms with Crippen molar-refractivity contribution in [2.45, 2.75) is 13.0 Å². The maximum absolute atomic E-state index is 9.49. The van der Waals surface area contributed by atoms with Crippen molar-refractivity contribution >= 4 is 11.6 Å². The lowest BCUT2D eigenvalue weighted by Crippen LogP contribution is -2.23. The monoisotopic (exact) mass is 183 g/mol. The van der Waals surface area contributed by atoms with Crippen LogP contribution in [0.1, 0.15) is 11.1 Å². The van der Waals surface area contributed by atoms with Gasteiger partial charge in [-0.05, 0) is 30.7 Å². The summed E-state index contributed by atoms with van der Waals surface area (Å²) in [4.78, 5) is 0. The minimum absolute atomic E-state index is 0.371. The Kier molecular flexibility index (Phi) is 1.95. The highest BCUT2D eigenvalue weighted by Gasteiger charge is 2.14. The zero-order valence-corrected chi connectivity index (χ0v) is 7.36. The molecule has 3 heteroatoms. The van der Waals surface area contributed by atoms with Crippen LogP contribution in [-0.2, 0) is 13.0 Å². The van der Waals surface area contributed by atoms with Gasteiger partial charge in [0.05, 0.1) is 0 Å². The standard InChI is InChI=1S/C9H10ClNO/c10-8-1-2-9(12)6-3-4-11-5-7(6)8/h1-2,11-12H,3-5H2. The summed E-state index contributed by atoms with van der Waals surface area (Å²) < 4.78 is 0. The van der Waals surface area contributed by atoms with Crippen molar-refractivity contribution in [3.05, 3.63) is 28.3 Å². The summed E-state index contributed by atoms with van der Waals surface area (Å²) in [5.41, 5.74) is 2.05. The van der Waals surface area contributed by atoms with E-state index < -0.39 is 0 Å². The van der Waals surface area contributed by atoms with E-state index in [0.29, 0.717) is 5.75 Å². The molecular weight excluding hydrogens is 174 g/mol. The van der Waals surface area contributed by atoms with Gasteiger partial charge in [-0.2, -0.15) is 0 Å². The summed E-state index contributed by atoms with van der Waals surface area (Å²) in [7, 11) is 0. The lowest BCUT2D eigenvalue weighted by molar-refractivity contribution is 0.461. The Morgan fingerprint density at radius 1 is 1.33 bits per heavy atom. The third-order valence-corrected chi connectivity index (χ3v) is 2.56. The van der Waals surface area contributed by atoms with Gasteiger partial charge in [0.25, 0.3) is 0 Å². The van der Waals surface area contributed by atoms with E-state index in [4.69, 9.17) is 11.6 Å². The summed E-state index contributed by atoms with van der Waals surface area (Å²) in [6.07, 6.45) is 0.863. The molecule has 12 heavy (non-hydrogen) atoms. The lowest BCUT2D eigenvalue weighted by Gasteiger charge is -2.18. The highest BCUT2D eigenvalue weighted by Crippen LogP contribution is 2.29. The molecule has 0 unspecified atom stereocenters. The van der Waals surface area contributed by atoms with Crippen LogP contribution in [0.15, 0.2) is 12.1 Å². The molecule has 1 aliphatic rings. The third kappa shape index (κ3) is 1.17. The second kappa shape index (κ2) is 2.96. The van der Waals surface area contributed by atoms with Crippen LogP contribution in [0.25, 0.3) is 0 Å². The van der Waals surface area contributed by atoms with Crippen molar-refractivity contribution in [2.75, 3.05) is 6.54 Å². The minimum atomic E-state index is 0.371. The maximum atomic E-state index is 9.49. The van der Waals surface area contributed by atoms with Crippen molar-refractivity contribution in [3.63, 3.8) is 0 Å². The first-order chi connectivity index (χ1) is 5.79. The van der Waals surface area contributed by atoms with Crippen LogP contribution in [0.3, 0.4) is 0 Å². The molecule has 0 aromatic heterocycles. The van der Waals surface area contributed by atoms with Crippen LogP contribution >= 0.6 is 11.6 Å². The van der Waals surface area contributed by atoms with E-state index in [0.717, 1.165) is 35.7 Å². The Bertz CT molecular complexity index is 281. The molecule has 0 atom stereocenters. The molecule has 1 aromatic carbocycles. The number of nitrogens with one attached hydrogen (secondary N) is 1. The summed E-state index contributed by atoms with van der Waals surface area (Å²) in [6.45, 7) is 1.68. The van der Waals surface area contributed by atoms with Crippen LogP contribution in [0, 0.1) is 0 Å². The van der Waals surface area contributed by atoms with E-state index in [1.54, 1.807) is 12.1 Å². The fraction of sp³-hybridized carbons (Fsp3) is 0.333. The Balaban J connectivity index is 2.57. The van der Waals surface area contributed by atoms with Crippen molar-refractivity contribution in [2.24, 2.45) is 0 Å². The van der Waals surface area contributed by atoms with Crippen LogP contribution < -0.4 is 5.32 Å². The number of aromatic hydroxyl groups is 1. The number of hydrogen-bond donors (Lipinski definition) is 2. The van der Waals surface area contributed by atoms with E-state index in [1.165, 1.54) is 0 Å². The topological polar surface area (TPSA) is 32.3 Å². The zero-order chi connectivity index (χ0) is 8.55. The molecule has 0 fully saturated rings. The van der Waals surface area contributed by atoms with Gasteiger partial charge in [0, 0.05) is 17.1 Å². The zero-order valence-electron chi connectivity index (χ0n) is 6.60. The molecule has 0 bridgehead atoms. The van der Waals surface area contributed by atoms with Crippen molar-refractivity contribution in [1.29, 1.82) is 0 Å². The number of benzene rings is 1. The smallest absolute Gasteiger partial charge is 0.119 e. The average molecular weight is 184 g/mol.